The van der Waals surface area contributed by atoms with Crippen LogP contribution in [-0.4, -0.2) is 19.5 Å². The summed E-state index contributed by atoms with van der Waals surface area (Å²) in [6, 6.07) is 5.97. The molecule has 10 heteroatoms. The van der Waals surface area contributed by atoms with Gasteiger partial charge in [0, 0.05) is 15.1 Å². The highest BCUT2D eigenvalue weighted by Crippen LogP contribution is 2.30. The van der Waals surface area contributed by atoms with Gasteiger partial charge in [0.1, 0.15) is 0 Å². The lowest BCUT2D eigenvalue weighted by molar-refractivity contribution is 0.318. The molecule has 0 atom stereocenters. The van der Waals surface area contributed by atoms with Crippen LogP contribution in [0.2, 0.25) is 5.02 Å². The van der Waals surface area contributed by atoms with Crippen LogP contribution in [-0.2, 0) is 10.0 Å². The van der Waals surface area contributed by atoms with Gasteiger partial charge in [-0.15, -0.1) is 11.3 Å². The minimum atomic E-state index is -3.81. The molecule has 0 amide bonds. The normalized spacial score (nSPS) is 12.4. The van der Waals surface area contributed by atoms with Gasteiger partial charge in [-0.1, -0.05) is 16.8 Å². The van der Waals surface area contributed by atoms with E-state index in [0.717, 1.165) is 11.3 Å². The molecule has 1 heterocycles. The standard InChI is InChI=1S/C11H9BrClN3O3S2/c12-8-3-4-20-11(8)21(18,19)16-9-5-6(13)1-2-7(9)10(14)15-17/h1-5,16-17H,(H2,14,15). The third-order valence-corrected chi connectivity index (χ3v) is 6.71. The van der Waals surface area contributed by atoms with Crippen molar-refractivity contribution in [2.24, 2.45) is 10.9 Å². The molecule has 0 unspecified atom stereocenters. The van der Waals surface area contributed by atoms with Crippen molar-refractivity contribution in [3.8, 4) is 0 Å². The van der Waals surface area contributed by atoms with Gasteiger partial charge in [-0.25, -0.2) is 8.42 Å². The fraction of sp³-hybridized carbons (Fsp3) is 0. The Kier molecular flexibility index (Phi) is 4.77. The van der Waals surface area contributed by atoms with Crippen LogP contribution in [0, 0.1) is 0 Å². The first kappa shape index (κ1) is 16.1. The van der Waals surface area contributed by atoms with E-state index in [2.05, 4.69) is 25.8 Å². The van der Waals surface area contributed by atoms with E-state index >= 15 is 0 Å². The van der Waals surface area contributed by atoms with Crippen molar-refractivity contribution < 1.29 is 13.6 Å². The number of rotatable bonds is 4. The Hall–Kier alpha value is -1.29. The topological polar surface area (TPSA) is 105 Å². The third-order valence-electron chi connectivity index (χ3n) is 2.44. The summed E-state index contributed by atoms with van der Waals surface area (Å²) in [5.41, 5.74) is 5.87. The molecular weight excluding hydrogens is 402 g/mol. The number of thiophene rings is 1. The molecule has 6 nitrogen and oxygen atoms in total. The van der Waals surface area contributed by atoms with E-state index in [4.69, 9.17) is 22.5 Å². The molecule has 2 aromatic rings. The number of anilines is 1. The number of benzene rings is 1. The molecule has 112 valence electrons. The van der Waals surface area contributed by atoms with Gasteiger partial charge in [0.25, 0.3) is 10.0 Å². The van der Waals surface area contributed by atoms with Crippen molar-refractivity contribution in [3.05, 3.63) is 44.7 Å². The van der Waals surface area contributed by atoms with Gasteiger partial charge in [0.05, 0.1) is 5.69 Å². The molecule has 0 aliphatic heterocycles. The van der Waals surface area contributed by atoms with E-state index < -0.39 is 10.0 Å². The Morgan fingerprint density at radius 2 is 2.14 bits per heavy atom. The Bertz CT molecular complexity index is 805. The number of sulfonamides is 1. The average Bonchev–Trinajstić information content (AvgIpc) is 2.85. The molecule has 0 saturated heterocycles. The van der Waals surface area contributed by atoms with Crippen molar-refractivity contribution in [2.75, 3.05) is 4.72 Å². The predicted octanol–water partition coefficient (Wildman–Crippen LogP) is 3.06. The van der Waals surface area contributed by atoms with Gasteiger partial charge in [0.2, 0.25) is 0 Å². The second-order valence-electron chi connectivity index (χ2n) is 3.84. The highest BCUT2D eigenvalue weighted by molar-refractivity contribution is 9.10. The number of nitrogens with zero attached hydrogens (tertiary/aromatic N) is 1. The largest absolute Gasteiger partial charge is 0.409 e. The quantitative estimate of drug-likeness (QED) is 0.312. The van der Waals surface area contributed by atoms with Gasteiger partial charge in [-0.3, -0.25) is 4.72 Å². The van der Waals surface area contributed by atoms with Crippen LogP contribution in [0.4, 0.5) is 5.69 Å². The summed E-state index contributed by atoms with van der Waals surface area (Å²) in [6.45, 7) is 0. The third kappa shape index (κ3) is 3.49. The van der Waals surface area contributed by atoms with Crippen molar-refractivity contribution in [1.29, 1.82) is 0 Å². The Balaban J connectivity index is 2.49. The zero-order chi connectivity index (χ0) is 15.6. The molecule has 0 aliphatic rings. The first-order chi connectivity index (χ1) is 9.85. The Morgan fingerprint density at radius 1 is 1.43 bits per heavy atom. The highest BCUT2D eigenvalue weighted by atomic mass is 79.9. The van der Waals surface area contributed by atoms with E-state index in [9.17, 15) is 8.42 Å². The number of hydrogen-bond acceptors (Lipinski definition) is 5. The molecular formula is C11H9BrClN3O3S2. The second kappa shape index (κ2) is 6.22. The summed E-state index contributed by atoms with van der Waals surface area (Å²) in [5, 5.41) is 13.6. The molecule has 4 N–H and O–H groups in total. The summed E-state index contributed by atoms with van der Waals surface area (Å²) in [6.07, 6.45) is 0. The van der Waals surface area contributed by atoms with Gasteiger partial charge in [0.15, 0.2) is 10.0 Å². The van der Waals surface area contributed by atoms with Crippen LogP contribution >= 0.6 is 38.9 Å². The maximum absolute atomic E-state index is 12.3. The fourth-order valence-corrected chi connectivity index (χ4v) is 5.12. The second-order valence-corrected chi connectivity index (χ2v) is 7.92. The number of nitrogens with one attached hydrogen (secondary N) is 1. The van der Waals surface area contributed by atoms with E-state index in [-0.39, 0.29) is 21.3 Å². The summed E-state index contributed by atoms with van der Waals surface area (Å²) in [5.74, 6) is -0.227. The summed E-state index contributed by atoms with van der Waals surface area (Å²) in [7, 11) is -3.81. The smallest absolute Gasteiger partial charge is 0.272 e. The van der Waals surface area contributed by atoms with Crippen LogP contribution in [0.25, 0.3) is 0 Å². The van der Waals surface area contributed by atoms with Gasteiger partial charge in [-0.2, -0.15) is 0 Å². The molecule has 0 saturated carbocycles. The summed E-state index contributed by atoms with van der Waals surface area (Å²) in [4.78, 5) is 0. The zero-order valence-electron chi connectivity index (χ0n) is 10.2. The SMILES string of the molecule is NC(=NO)c1ccc(Cl)cc1NS(=O)(=O)c1sccc1Br. The number of hydrogen-bond donors (Lipinski definition) is 3. The van der Waals surface area contributed by atoms with Crippen LogP contribution < -0.4 is 10.5 Å². The number of nitrogens with two attached hydrogens (primary N) is 1. The molecule has 0 aliphatic carbocycles. The molecule has 2 rings (SSSR count). The number of halogens is 2. The van der Waals surface area contributed by atoms with E-state index in [0.29, 0.717) is 9.50 Å². The fourth-order valence-electron chi connectivity index (χ4n) is 1.54. The Morgan fingerprint density at radius 3 is 2.71 bits per heavy atom. The number of amidine groups is 1. The van der Waals surface area contributed by atoms with Crippen molar-refractivity contribution in [1.82, 2.24) is 0 Å². The van der Waals surface area contributed by atoms with Crippen LogP contribution in [0.15, 0.2) is 43.5 Å². The zero-order valence-corrected chi connectivity index (χ0v) is 14.2. The summed E-state index contributed by atoms with van der Waals surface area (Å²) >= 11 is 10.1. The summed E-state index contributed by atoms with van der Waals surface area (Å²) < 4.78 is 27.6. The molecule has 0 fully saturated rings. The average molecular weight is 411 g/mol. The van der Waals surface area contributed by atoms with Crippen molar-refractivity contribution >= 4 is 60.4 Å². The molecule has 1 aromatic carbocycles. The van der Waals surface area contributed by atoms with Gasteiger partial charge in [-0.05, 0) is 45.6 Å². The molecule has 0 spiro atoms. The van der Waals surface area contributed by atoms with E-state index in [1.165, 1.54) is 18.2 Å². The Labute approximate surface area is 138 Å². The molecule has 21 heavy (non-hydrogen) atoms. The lowest BCUT2D eigenvalue weighted by Gasteiger charge is -2.11. The minimum Gasteiger partial charge on any atom is -0.409 e. The number of oxime groups is 1. The first-order valence-corrected chi connectivity index (χ1v) is 8.92. The predicted molar refractivity (Wildman–Crippen MR) is 86.8 cm³/mol. The van der Waals surface area contributed by atoms with Crippen molar-refractivity contribution in [3.63, 3.8) is 0 Å². The van der Waals surface area contributed by atoms with Gasteiger partial charge >= 0.3 is 0 Å². The lowest BCUT2D eigenvalue weighted by atomic mass is 10.1. The maximum Gasteiger partial charge on any atom is 0.272 e. The maximum atomic E-state index is 12.3. The van der Waals surface area contributed by atoms with Gasteiger partial charge < -0.3 is 10.9 Å². The molecule has 0 bridgehead atoms. The van der Waals surface area contributed by atoms with E-state index in [1.807, 2.05) is 0 Å². The lowest BCUT2D eigenvalue weighted by Crippen LogP contribution is -2.19. The highest BCUT2D eigenvalue weighted by Gasteiger charge is 2.21. The van der Waals surface area contributed by atoms with Crippen LogP contribution in [0.1, 0.15) is 5.56 Å². The monoisotopic (exact) mass is 409 g/mol. The molecule has 1 aromatic heterocycles. The molecule has 0 radical (unpaired) electrons. The van der Waals surface area contributed by atoms with Crippen LogP contribution in [0.5, 0.6) is 0 Å². The van der Waals surface area contributed by atoms with E-state index in [1.54, 1.807) is 11.4 Å². The first-order valence-electron chi connectivity index (χ1n) is 5.38. The van der Waals surface area contributed by atoms with Crippen molar-refractivity contribution in [2.45, 2.75) is 4.21 Å². The minimum absolute atomic E-state index is 0.118. The van der Waals surface area contributed by atoms with Crippen LogP contribution in [0.3, 0.4) is 0 Å².